The van der Waals surface area contributed by atoms with Gasteiger partial charge in [0.05, 0.1) is 12.9 Å². The van der Waals surface area contributed by atoms with Crippen molar-refractivity contribution in [3.63, 3.8) is 0 Å². The molecule has 1 N–H and O–H groups in total. The van der Waals surface area contributed by atoms with Gasteiger partial charge in [0.1, 0.15) is 11.8 Å². The predicted molar refractivity (Wildman–Crippen MR) is 128 cm³/mol. The molecule has 31 heavy (non-hydrogen) atoms. The minimum absolute atomic E-state index is 0.0136. The molecule has 2 amide bonds. The summed E-state index contributed by atoms with van der Waals surface area (Å²) in [6, 6.07) is 15.4. The Morgan fingerprint density at radius 2 is 1.81 bits per heavy atom. The van der Waals surface area contributed by atoms with Crippen LogP contribution >= 0.6 is 11.8 Å². The molecule has 5 nitrogen and oxygen atoms in total. The summed E-state index contributed by atoms with van der Waals surface area (Å²) in [7, 11) is 1.65. The molecule has 0 heterocycles. The first-order valence-corrected chi connectivity index (χ1v) is 12.0. The number of thioether (sulfide) groups is 1. The molecule has 0 radical (unpaired) electrons. The fourth-order valence-electron chi connectivity index (χ4n) is 3.32. The van der Waals surface area contributed by atoms with Crippen LogP contribution in [-0.2, 0) is 21.9 Å². The Hall–Kier alpha value is -2.47. The Morgan fingerprint density at radius 1 is 1.10 bits per heavy atom. The lowest BCUT2D eigenvalue weighted by Crippen LogP contribution is -2.49. The van der Waals surface area contributed by atoms with Crippen LogP contribution in [0.25, 0.3) is 0 Å². The molecule has 0 saturated carbocycles. The molecule has 6 heteroatoms. The van der Waals surface area contributed by atoms with E-state index in [4.69, 9.17) is 4.74 Å². The van der Waals surface area contributed by atoms with Crippen molar-refractivity contribution in [1.82, 2.24) is 10.2 Å². The third kappa shape index (κ3) is 7.62. The predicted octanol–water partition coefficient (Wildman–Crippen LogP) is 4.57. The van der Waals surface area contributed by atoms with Crippen LogP contribution in [-0.4, -0.2) is 42.2 Å². The number of methoxy groups -OCH3 is 1. The van der Waals surface area contributed by atoms with Gasteiger partial charge in [-0.25, -0.2) is 0 Å². The molecule has 0 spiro atoms. The molecule has 0 aromatic heterocycles. The van der Waals surface area contributed by atoms with Crippen LogP contribution in [0, 0.1) is 6.92 Å². The summed E-state index contributed by atoms with van der Waals surface area (Å²) in [5.74, 6) is 1.78. The van der Waals surface area contributed by atoms with Gasteiger partial charge in [0.15, 0.2) is 0 Å². The maximum Gasteiger partial charge on any atom is 0.242 e. The minimum atomic E-state index is -0.472. The van der Waals surface area contributed by atoms with E-state index in [9.17, 15) is 9.59 Å². The average Bonchev–Trinajstić information content (AvgIpc) is 2.79. The molecule has 1 atom stereocenters. The number of aryl methyl sites for hydroxylation is 1. The Bertz CT molecular complexity index is 839. The number of hydrogen-bond acceptors (Lipinski definition) is 4. The number of nitrogens with zero attached hydrogens (tertiary/aromatic N) is 1. The second kappa shape index (κ2) is 13.1. The Kier molecular flexibility index (Phi) is 10.4. The van der Waals surface area contributed by atoms with Crippen molar-refractivity contribution >= 4 is 23.6 Å². The van der Waals surface area contributed by atoms with Crippen molar-refractivity contribution in [2.75, 3.05) is 19.4 Å². The van der Waals surface area contributed by atoms with E-state index in [1.54, 1.807) is 23.8 Å². The van der Waals surface area contributed by atoms with E-state index in [2.05, 4.69) is 5.32 Å². The highest BCUT2D eigenvalue weighted by molar-refractivity contribution is 7.99. The second-order valence-corrected chi connectivity index (χ2v) is 8.49. The summed E-state index contributed by atoms with van der Waals surface area (Å²) in [4.78, 5) is 27.8. The molecule has 2 aromatic carbocycles. The monoisotopic (exact) mass is 442 g/mol. The van der Waals surface area contributed by atoms with Gasteiger partial charge in [0.25, 0.3) is 0 Å². The number of carbonyl (C=O) groups excluding carboxylic acids is 2. The van der Waals surface area contributed by atoms with Crippen molar-refractivity contribution in [2.45, 2.75) is 52.0 Å². The summed E-state index contributed by atoms with van der Waals surface area (Å²) >= 11 is 1.56. The normalized spacial score (nSPS) is 11.6. The largest absolute Gasteiger partial charge is 0.497 e. The quantitative estimate of drug-likeness (QED) is 0.523. The highest BCUT2D eigenvalue weighted by atomic mass is 32.2. The first-order chi connectivity index (χ1) is 15.0. The summed E-state index contributed by atoms with van der Waals surface area (Å²) < 4.78 is 5.19. The zero-order chi connectivity index (χ0) is 22.6. The van der Waals surface area contributed by atoms with E-state index >= 15 is 0 Å². The van der Waals surface area contributed by atoms with Crippen molar-refractivity contribution in [3.8, 4) is 5.75 Å². The fourth-order valence-corrected chi connectivity index (χ4v) is 4.19. The SMILES string of the molecule is CCCNC(=O)[C@H](CC)N(Cc1ccccc1C)C(=O)CSCc1ccc(OC)cc1. The second-order valence-electron chi connectivity index (χ2n) is 7.50. The Morgan fingerprint density at radius 3 is 2.42 bits per heavy atom. The molecular formula is C25H34N2O3S. The van der Waals surface area contributed by atoms with Gasteiger partial charge in [-0.3, -0.25) is 9.59 Å². The van der Waals surface area contributed by atoms with Crippen LogP contribution in [0.5, 0.6) is 5.75 Å². The number of amides is 2. The lowest BCUT2D eigenvalue weighted by atomic mass is 10.1. The maximum atomic E-state index is 13.2. The third-order valence-corrected chi connectivity index (χ3v) is 6.18. The summed E-state index contributed by atoms with van der Waals surface area (Å²) in [6.45, 7) is 7.07. The minimum Gasteiger partial charge on any atom is -0.497 e. The highest BCUT2D eigenvalue weighted by Gasteiger charge is 2.28. The van der Waals surface area contributed by atoms with Gasteiger partial charge in [-0.15, -0.1) is 11.8 Å². The molecular weight excluding hydrogens is 408 g/mol. The van der Waals surface area contributed by atoms with Crippen molar-refractivity contribution < 1.29 is 14.3 Å². The van der Waals surface area contributed by atoms with Crippen LogP contribution in [0.15, 0.2) is 48.5 Å². The van der Waals surface area contributed by atoms with Gasteiger partial charge < -0.3 is 15.0 Å². The highest BCUT2D eigenvalue weighted by Crippen LogP contribution is 2.20. The van der Waals surface area contributed by atoms with E-state index in [0.29, 0.717) is 25.3 Å². The first-order valence-electron chi connectivity index (χ1n) is 10.8. The maximum absolute atomic E-state index is 13.2. The standard InChI is InChI=1S/C25H34N2O3S/c1-5-15-26-25(29)23(6-2)27(16-21-10-8-7-9-19(21)3)24(28)18-31-17-20-11-13-22(30-4)14-12-20/h7-14,23H,5-6,15-18H2,1-4H3,(H,26,29)/t23-/m0/s1. The van der Waals surface area contributed by atoms with Crippen LogP contribution < -0.4 is 10.1 Å². The van der Waals surface area contributed by atoms with Crippen LogP contribution in [0.1, 0.15) is 43.4 Å². The number of carbonyl (C=O) groups is 2. The van der Waals surface area contributed by atoms with Crippen molar-refractivity contribution in [2.24, 2.45) is 0 Å². The molecule has 2 aromatic rings. The van der Waals surface area contributed by atoms with Gasteiger partial charge in [-0.2, -0.15) is 0 Å². The lowest BCUT2D eigenvalue weighted by molar-refractivity contribution is -0.139. The molecule has 0 aliphatic rings. The Balaban J connectivity index is 2.10. The van der Waals surface area contributed by atoms with Gasteiger partial charge in [0, 0.05) is 18.8 Å². The zero-order valence-electron chi connectivity index (χ0n) is 19.0. The van der Waals surface area contributed by atoms with Crippen LogP contribution in [0.3, 0.4) is 0 Å². The van der Waals surface area contributed by atoms with Crippen LogP contribution in [0.2, 0.25) is 0 Å². The lowest BCUT2D eigenvalue weighted by Gasteiger charge is -2.31. The number of rotatable bonds is 12. The van der Waals surface area contributed by atoms with Gasteiger partial charge in [-0.1, -0.05) is 50.2 Å². The van der Waals surface area contributed by atoms with E-state index in [1.807, 2.05) is 69.3 Å². The summed E-state index contributed by atoms with van der Waals surface area (Å²) in [5.41, 5.74) is 3.32. The van der Waals surface area contributed by atoms with E-state index < -0.39 is 6.04 Å². The van der Waals surface area contributed by atoms with E-state index in [1.165, 1.54) is 0 Å². The van der Waals surface area contributed by atoms with Crippen molar-refractivity contribution in [1.29, 1.82) is 0 Å². The van der Waals surface area contributed by atoms with Gasteiger partial charge in [-0.05, 0) is 48.6 Å². The zero-order valence-corrected chi connectivity index (χ0v) is 19.8. The number of nitrogens with one attached hydrogen (secondary N) is 1. The summed E-state index contributed by atoms with van der Waals surface area (Å²) in [5, 5.41) is 2.96. The first kappa shape index (κ1) is 24.8. The third-order valence-electron chi connectivity index (χ3n) is 5.19. The molecule has 168 valence electrons. The number of benzene rings is 2. The van der Waals surface area contributed by atoms with Gasteiger partial charge in [0.2, 0.25) is 11.8 Å². The molecule has 0 fully saturated rings. The molecule has 0 bridgehead atoms. The average molecular weight is 443 g/mol. The molecule has 0 aliphatic carbocycles. The number of ether oxygens (including phenoxy) is 1. The van der Waals surface area contributed by atoms with E-state index in [-0.39, 0.29) is 11.8 Å². The fraction of sp³-hybridized carbons (Fsp3) is 0.440. The number of hydrogen-bond donors (Lipinski definition) is 1. The molecule has 2 rings (SSSR count). The topological polar surface area (TPSA) is 58.6 Å². The smallest absolute Gasteiger partial charge is 0.242 e. The molecule has 0 aliphatic heterocycles. The van der Waals surface area contributed by atoms with Crippen LogP contribution in [0.4, 0.5) is 0 Å². The Labute approximate surface area is 190 Å². The van der Waals surface area contributed by atoms with Crippen molar-refractivity contribution in [3.05, 3.63) is 65.2 Å². The summed E-state index contributed by atoms with van der Waals surface area (Å²) in [6.07, 6.45) is 1.45. The molecule has 0 saturated heterocycles. The van der Waals surface area contributed by atoms with Gasteiger partial charge >= 0.3 is 0 Å². The molecule has 0 unspecified atom stereocenters. The van der Waals surface area contributed by atoms with E-state index in [0.717, 1.165) is 34.6 Å².